The number of nitrogens with one attached hydrogen (secondary N) is 1. The molecular weight excluding hydrogens is 308 g/mol. The number of aryl methyl sites for hydroxylation is 2. The van der Waals surface area contributed by atoms with Crippen molar-refractivity contribution in [1.82, 2.24) is 14.8 Å². The zero-order valence-electron chi connectivity index (χ0n) is 14.0. The highest BCUT2D eigenvalue weighted by Gasteiger charge is 2.15. The number of hydrogen-bond donors (Lipinski definition) is 1. The van der Waals surface area contributed by atoms with Gasteiger partial charge in [-0.15, -0.1) is 0 Å². The predicted octanol–water partition coefficient (Wildman–Crippen LogP) is 2.55. The van der Waals surface area contributed by atoms with E-state index in [1.807, 2.05) is 20.0 Å². The largest absolute Gasteiger partial charge is 0.497 e. The zero-order valence-corrected chi connectivity index (χ0v) is 14.0. The standard InChI is InChI=1S/C17H18N4O3/c1-10-13-7-11(9-18-16(13)21(2)20-10)19-17(22)14-8-12(23-3)5-6-15(14)24-4/h5-9H,1-4H3,(H,19,22). The minimum absolute atomic E-state index is 0.298. The lowest BCUT2D eigenvalue weighted by molar-refractivity contribution is 0.102. The number of nitrogens with zero attached hydrogens (tertiary/aromatic N) is 3. The number of pyridine rings is 1. The van der Waals surface area contributed by atoms with Crippen LogP contribution in [0.3, 0.4) is 0 Å². The van der Waals surface area contributed by atoms with E-state index in [2.05, 4.69) is 15.4 Å². The number of carbonyl (C=O) groups excluding carboxylic acids is 1. The van der Waals surface area contributed by atoms with E-state index in [-0.39, 0.29) is 5.91 Å². The molecule has 1 N–H and O–H groups in total. The Bertz CT molecular complexity index is 918. The topological polar surface area (TPSA) is 78.3 Å². The van der Waals surface area contributed by atoms with Crippen LogP contribution in [-0.2, 0) is 7.05 Å². The van der Waals surface area contributed by atoms with Gasteiger partial charge in [0, 0.05) is 12.4 Å². The third kappa shape index (κ3) is 2.76. The first-order chi connectivity index (χ1) is 11.5. The minimum Gasteiger partial charge on any atom is -0.497 e. The van der Waals surface area contributed by atoms with Gasteiger partial charge in [-0.25, -0.2) is 4.98 Å². The third-order valence-corrected chi connectivity index (χ3v) is 3.77. The Morgan fingerprint density at radius 1 is 1.21 bits per heavy atom. The summed E-state index contributed by atoms with van der Waals surface area (Å²) in [7, 11) is 4.90. The SMILES string of the molecule is COc1ccc(OC)c(C(=O)Nc2cnc3c(c2)c(C)nn3C)c1. The maximum absolute atomic E-state index is 12.6. The molecule has 7 heteroatoms. The van der Waals surface area contributed by atoms with E-state index in [1.165, 1.54) is 7.11 Å². The molecule has 0 saturated heterocycles. The van der Waals surface area contributed by atoms with E-state index in [9.17, 15) is 4.79 Å². The molecule has 0 fully saturated rings. The summed E-state index contributed by atoms with van der Waals surface area (Å²) >= 11 is 0. The maximum atomic E-state index is 12.6. The lowest BCUT2D eigenvalue weighted by atomic mass is 10.1. The smallest absolute Gasteiger partial charge is 0.259 e. The summed E-state index contributed by atoms with van der Waals surface area (Å²) in [5.74, 6) is 0.756. The normalized spacial score (nSPS) is 10.7. The summed E-state index contributed by atoms with van der Waals surface area (Å²) < 4.78 is 12.1. The molecule has 0 atom stereocenters. The summed E-state index contributed by atoms with van der Waals surface area (Å²) in [5.41, 5.74) is 2.60. The van der Waals surface area contributed by atoms with Gasteiger partial charge in [-0.1, -0.05) is 0 Å². The van der Waals surface area contributed by atoms with Gasteiger partial charge < -0.3 is 14.8 Å². The number of fused-ring (bicyclic) bond motifs is 1. The first-order valence-corrected chi connectivity index (χ1v) is 7.36. The molecule has 1 aromatic carbocycles. The summed E-state index contributed by atoms with van der Waals surface area (Å²) in [6.45, 7) is 1.90. The quantitative estimate of drug-likeness (QED) is 0.797. The van der Waals surface area contributed by atoms with Crippen molar-refractivity contribution in [2.75, 3.05) is 19.5 Å². The number of benzene rings is 1. The van der Waals surface area contributed by atoms with Gasteiger partial charge in [-0.05, 0) is 31.2 Å². The Hall–Kier alpha value is -3.09. The summed E-state index contributed by atoms with van der Waals surface area (Å²) in [6, 6.07) is 6.92. The average Bonchev–Trinajstić information content (AvgIpc) is 2.88. The lowest BCUT2D eigenvalue weighted by Crippen LogP contribution is -2.13. The van der Waals surface area contributed by atoms with Crippen molar-refractivity contribution in [1.29, 1.82) is 0 Å². The van der Waals surface area contributed by atoms with Crippen LogP contribution in [0.5, 0.6) is 11.5 Å². The molecule has 0 aliphatic carbocycles. The van der Waals surface area contributed by atoms with Crippen molar-refractivity contribution in [3.8, 4) is 11.5 Å². The molecule has 3 rings (SSSR count). The lowest BCUT2D eigenvalue weighted by Gasteiger charge is -2.11. The van der Waals surface area contributed by atoms with Gasteiger partial charge in [0.25, 0.3) is 5.91 Å². The van der Waals surface area contributed by atoms with E-state index < -0.39 is 0 Å². The van der Waals surface area contributed by atoms with Crippen molar-refractivity contribution in [3.05, 3.63) is 41.7 Å². The highest BCUT2D eigenvalue weighted by atomic mass is 16.5. The molecule has 0 saturated carbocycles. The third-order valence-electron chi connectivity index (χ3n) is 3.77. The molecule has 24 heavy (non-hydrogen) atoms. The van der Waals surface area contributed by atoms with Crippen LogP contribution in [0.15, 0.2) is 30.5 Å². The minimum atomic E-state index is -0.298. The molecule has 0 unspecified atom stereocenters. The molecule has 3 aromatic rings. The van der Waals surface area contributed by atoms with Crippen LogP contribution in [0.2, 0.25) is 0 Å². The second kappa shape index (κ2) is 6.19. The molecule has 124 valence electrons. The first-order valence-electron chi connectivity index (χ1n) is 7.36. The molecule has 2 heterocycles. The fourth-order valence-corrected chi connectivity index (χ4v) is 2.57. The molecule has 0 radical (unpaired) electrons. The molecule has 2 aromatic heterocycles. The summed E-state index contributed by atoms with van der Waals surface area (Å²) in [5, 5.41) is 8.06. The van der Waals surface area contributed by atoms with Gasteiger partial charge in [-0.3, -0.25) is 9.48 Å². The van der Waals surface area contributed by atoms with Crippen molar-refractivity contribution >= 4 is 22.6 Å². The van der Waals surface area contributed by atoms with Crippen LogP contribution in [0.1, 0.15) is 16.1 Å². The Labute approximate surface area is 139 Å². The van der Waals surface area contributed by atoms with E-state index in [1.54, 1.807) is 36.2 Å². The molecule has 0 aliphatic heterocycles. The van der Waals surface area contributed by atoms with Gasteiger partial charge in [0.1, 0.15) is 11.5 Å². The van der Waals surface area contributed by atoms with E-state index in [0.29, 0.717) is 22.7 Å². The average molecular weight is 326 g/mol. The van der Waals surface area contributed by atoms with Crippen LogP contribution in [-0.4, -0.2) is 34.9 Å². The highest BCUT2D eigenvalue weighted by molar-refractivity contribution is 6.07. The van der Waals surface area contributed by atoms with Gasteiger partial charge in [0.2, 0.25) is 0 Å². The van der Waals surface area contributed by atoms with Crippen molar-refractivity contribution in [3.63, 3.8) is 0 Å². The number of methoxy groups -OCH3 is 2. The van der Waals surface area contributed by atoms with Gasteiger partial charge >= 0.3 is 0 Å². The zero-order chi connectivity index (χ0) is 17.3. The number of anilines is 1. The Morgan fingerprint density at radius 2 is 2.00 bits per heavy atom. The highest BCUT2D eigenvalue weighted by Crippen LogP contribution is 2.25. The fourth-order valence-electron chi connectivity index (χ4n) is 2.57. The van der Waals surface area contributed by atoms with Crippen LogP contribution in [0.25, 0.3) is 11.0 Å². The monoisotopic (exact) mass is 326 g/mol. The molecular formula is C17H18N4O3. The van der Waals surface area contributed by atoms with Crippen molar-refractivity contribution < 1.29 is 14.3 Å². The molecule has 0 aliphatic rings. The van der Waals surface area contributed by atoms with Crippen LogP contribution < -0.4 is 14.8 Å². The number of carbonyl (C=O) groups is 1. The van der Waals surface area contributed by atoms with Crippen molar-refractivity contribution in [2.24, 2.45) is 7.05 Å². The van der Waals surface area contributed by atoms with E-state index in [4.69, 9.17) is 9.47 Å². The van der Waals surface area contributed by atoms with Crippen LogP contribution in [0.4, 0.5) is 5.69 Å². The number of amides is 1. The Balaban J connectivity index is 1.93. The molecule has 7 nitrogen and oxygen atoms in total. The van der Waals surface area contributed by atoms with Crippen LogP contribution >= 0.6 is 0 Å². The maximum Gasteiger partial charge on any atom is 0.259 e. The van der Waals surface area contributed by atoms with Gasteiger partial charge in [-0.2, -0.15) is 5.10 Å². The first kappa shape index (κ1) is 15.8. The Morgan fingerprint density at radius 3 is 2.71 bits per heavy atom. The fraction of sp³-hybridized carbons (Fsp3) is 0.235. The number of ether oxygens (including phenoxy) is 2. The number of aromatic nitrogens is 3. The van der Waals surface area contributed by atoms with Gasteiger partial charge in [0.15, 0.2) is 5.65 Å². The number of rotatable bonds is 4. The summed E-state index contributed by atoms with van der Waals surface area (Å²) in [4.78, 5) is 16.9. The van der Waals surface area contributed by atoms with E-state index >= 15 is 0 Å². The van der Waals surface area contributed by atoms with E-state index in [0.717, 1.165) is 16.7 Å². The van der Waals surface area contributed by atoms with Crippen molar-refractivity contribution in [2.45, 2.75) is 6.92 Å². The number of hydrogen-bond acceptors (Lipinski definition) is 5. The molecule has 0 spiro atoms. The van der Waals surface area contributed by atoms with Gasteiger partial charge in [0.05, 0.1) is 37.4 Å². The second-order valence-electron chi connectivity index (χ2n) is 5.32. The second-order valence-corrected chi connectivity index (χ2v) is 5.32. The van der Waals surface area contributed by atoms with Crippen LogP contribution in [0, 0.1) is 6.92 Å². The molecule has 0 bridgehead atoms. The molecule has 1 amide bonds. The summed E-state index contributed by atoms with van der Waals surface area (Å²) in [6.07, 6.45) is 1.61. The predicted molar refractivity (Wildman–Crippen MR) is 90.7 cm³/mol. The Kier molecular flexibility index (Phi) is 4.07.